The first-order valence-electron chi connectivity index (χ1n) is 4.83. The molecule has 4 heteroatoms. The first-order chi connectivity index (χ1) is 5.75. The lowest BCUT2D eigenvalue weighted by atomic mass is 10.1. The van der Waals surface area contributed by atoms with E-state index in [0.29, 0.717) is 5.54 Å². The minimum Gasteiger partial charge on any atom is -0.330 e. The first-order valence-corrected chi connectivity index (χ1v) is 8.93. The molecule has 80 valence electrons. The standard InChI is InChI=1S/C9H21Cl2NSi/c1-8(2)13(10,11)9(3,4)6-5-7-12/h8H,5-7,12H2,1-4H3. The van der Waals surface area contributed by atoms with Crippen LogP contribution in [0, 0.1) is 0 Å². The molecule has 0 rings (SSSR count). The van der Waals surface area contributed by atoms with Crippen LogP contribution < -0.4 is 5.73 Å². The predicted molar refractivity (Wildman–Crippen MR) is 64.9 cm³/mol. The second-order valence-electron chi connectivity index (χ2n) is 4.55. The fraction of sp³-hybridized carbons (Fsp3) is 1.00. The summed E-state index contributed by atoms with van der Waals surface area (Å²) < 4.78 is 0. The molecule has 0 heterocycles. The van der Waals surface area contributed by atoms with Crippen molar-refractivity contribution in [1.29, 1.82) is 0 Å². The number of hydrogen-bond donors (Lipinski definition) is 1. The number of halogens is 2. The van der Waals surface area contributed by atoms with E-state index in [-0.39, 0.29) is 5.04 Å². The Bertz CT molecular complexity index is 158. The average Bonchev–Trinajstić information content (AvgIpc) is 2.00. The molecule has 0 spiro atoms. The van der Waals surface area contributed by atoms with Crippen molar-refractivity contribution < 1.29 is 0 Å². The van der Waals surface area contributed by atoms with Crippen LogP contribution >= 0.6 is 22.2 Å². The quantitative estimate of drug-likeness (QED) is 0.575. The molecule has 0 amide bonds. The molecule has 0 aromatic carbocycles. The van der Waals surface area contributed by atoms with Gasteiger partial charge in [-0.05, 0) is 30.0 Å². The molecule has 0 unspecified atom stereocenters. The molecule has 13 heavy (non-hydrogen) atoms. The van der Waals surface area contributed by atoms with Gasteiger partial charge in [0.25, 0.3) is 6.69 Å². The summed E-state index contributed by atoms with van der Waals surface area (Å²) in [4.78, 5) is 0. The van der Waals surface area contributed by atoms with E-state index in [1.54, 1.807) is 0 Å². The Balaban J connectivity index is 4.41. The van der Waals surface area contributed by atoms with Crippen LogP contribution in [0.2, 0.25) is 10.6 Å². The van der Waals surface area contributed by atoms with E-state index in [9.17, 15) is 0 Å². The molecule has 0 atom stereocenters. The lowest BCUT2D eigenvalue weighted by Crippen LogP contribution is -2.37. The molecule has 0 fully saturated rings. The summed E-state index contributed by atoms with van der Waals surface area (Å²) in [5, 5.41) is 0.0592. The minimum atomic E-state index is -2.16. The Labute approximate surface area is 92.4 Å². The van der Waals surface area contributed by atoms with Gasteiger partial charge in [0.15, 0.2) is 0 Å². The third-order valence-corrected chi connectivity index (χ3v) is 11.8. The van der Waals surface area contributed by atoms with Crippen LogP contribution in [-0.2, 0) is 0 Å². The molecule has 0 aliphatic heterocycles. The predicted octanol–water partition coefficient (Wildman–Crippen LogP) is 3.84. The highest BCUT2D eigenvalue weighted by molar-refractivity contribution is 7.47. The Hall–Kier alpha value is 0.757. The van der Waals surface area contributed by atoms with Crippen molar-refractivity contribution in [2.45, 2.75) is 51.1 Å². The number of nitrogens with two attached hydrogens (primary N) is 1. The van der Waals surface area contributed by atoms with E-state index in [1.165, 1.54) is 0 Å². The first kappa shape index (κ1) is 13.8. The van der Waals surface area contributed by atoms with Crippen molar-refractivity contribution in [3.05, 3.63) is 0 Å². The zero-order valence-electron chi connectivity index (χ0n) is 9.03. The molecule has 0 aliphatic rings. The summed E-state index contributed by atoms with van der Waals surface area (Å²) in [6.07, 6.45) is 2.04. The molecule has 0 aromatic rings. The lowest BCUT2D eigenvalue weighted by molar-refractivity contribution is 0.563. The topological polar surface area (TPSA) is 26.0 Å². The molecular weight excluding hydrogens is 221 g/mol. The summed E-state index contributed by atoms with van der Waals surface area (Å²) in [7, 11) is 0. The van der Waals surface area contributed by atoms with Gasteiger partial charge in [-0.1, -0.05) is 27.7 Å². The summed E-state index contributed by atoms with van der Waals surface area (Å²) >= 11 is 12.9. The molecule has 2 N–H and O–H groups in total. The van der Waals surface area contributed by atoms with Crippen LogP contribution in [0.15, 0.2) is 0 Å². The highest BCUT2D eigenvalue weighted by Crippen LogP contribution is 2.52. The molecule has 0 aliphatic carbocycles. The largest absolute Gasteiger partial charge is 0.330 e. The van der Waals surface area contributed by atoms with Crippen LogP contribution in [0.25, 0.3) is 0 Å². The van der Waals surface area contributed by atoms with Gasteiger partial charge in [0, 0.05) is 0 Å². The van der Waals surface area contributed by atoms with Gasteiger partial charge in [-0.25, -0.2) is 0 Å². The fourth-order valence-electron chi connectivity index (χ4n) is 1.49. The van der Waals surface area contributed by atoms with Gasteiger partial charge in [-0.3, -0.25) is 0 Å². The summed E-state index contributed by atoms with van der Waals surface area (Å²) in [5.74, 6) is 0. The monoisotopic (exact) mass is 241 g/mol. The van der Waals surface area contributed by atoms with Gasteiger partial charge < -0.3 is 5.73 Å². The van der Waals surface area contributed by atoms with Crippen LogP contribution in [0.4, 0.5) is 0 Å². The highest BCUT2D eigenvalue weighted by atomic mass is 35.7. The van der Waals surface area contributed by atoms with Crippen LogP contribution in [0.5, 0.6) is 0 Å². The molecule has 0 saturated heterocycles. The van der Waals surface area contributed by atoms with Crippen molar-refractivity contribution in [3.8, 4) is 0 Å². The second-order valence-corrected chi connectivity index (χ2v) is 12.5. The molecule has 0 aromatic heterocycles. The minimum absolute atomic E-state index is 0.0592. The smallest absolute Gasteiger partial charge is 0.259 e. The van der Waals surface area contributed by atoms with Gasteiger partial charge in [0.2, 0.25) is 0 Å². The maximum atomic E-state index is 6.46. The molecule has 0 radical (unpaired) electrons. The van der Waals surface area contributed by atoms with Crippen LogP contribution in [0.1, 0.15) is 40.5 Å². The fourth-order valence-corrected chi connectivity index (χ4v) is 4.13. The summed E-state index contributed by atoms with van der Waals surface area (Å²) in [5.41, 5.74) is 5.88. The molecule has 1 nitrogen and oxygen atoms in total. The van der Waals surface area contributed by atoms with Gasteiger partial charge in [0.05, 0.1) is 0 Å². The maximum absolute atomic E-state index is 6.46. The third-order valence-electron chi connectivity index (χ3n) is 2.63. The van der Waals surface area contributed by atoms with E-state index in [4.69, 9.17) is 27.9 Å². The average molecular weight is 242 g/mol. The van der Waals surface area contributed by atoms with Gasteiger partial charge in [-0.15, -0.1) is 22.2 Å². The SMILES string of the molecule is CC(C)[Si](Cl)(Cl)C(C)(C)CCCN. The van der Waals surface area contributed by atoms with E-state index < -0.39 is 6.69 Å². The van der Waals surface area contributed by atoms with Gasteiger partial charge in [0.1, 0.15) is 0 Å². The van der Waals surface area contributed by atoms with E-state index in [1.807, 2.05) is 0 Å². The Kier molecular flexibility index (Phi) is 5.30. The maximum Gasteiger partial charge on any atom is 0.259 e. The summed E-state index contributed by atoms with van der Waals surface area (Å²) in [6, 6.07) is 0. The molecule has 0 bridgehead atoms. The van der Waals surface area contributed by atoms with Crippen LogP contribution in [0.3, 0.4) is 0 Å². The van der Waals surface area contributed by atoms with Crippen molar-refractivity contribution in [2.24, 2.45) is 5.73 Å². The van der Waals surface area contributed by atoms with Crippen molar-refractivity contribution in [2.75, 3.05) is 6.54 Å². The number of hydrogen-bond acceptors (Lipinski definition) is 1. The molecule has 0 saturated carbocycles. The zero-order valence-corrected chi connectivity index (χ0v) is 11.5. The van der Waals surface area contributed by atoms with E-state index in [2.05, 4.69) is 27.7 Å². The second kappa shape index (κ2) is 5.01. The van der Waals surface area contributed by atoms with E-state index in [0.717, 1.165) is 19.4 Å². The highest BCUT2D eigenvalue weighted by Gasteiger charge is 2.47. The van der Waals surface area contributed by atoms with E-state index >= 15 is 0 Å². The van der Waals surface area contributed by atoms with Crippen LogP contribution in [-0.4, -0.2) is 13.2 Å². The zero-order chi connectivity index (χ0) is 10.7. The van der Waals surface area contributed by atoms with Gasteiger partial charge >= 0.3 is 0 Å². The lowest BCUT2D eigenvalue weighted by Gasteiger charge is -2.38. The Morgan fingerprint density at radius 3 is 2.08 bits per heavy atom. The number of rotatable bonds is 5. The van der Waals surface area contributed by atoms with Crippen molar-refractivity contribution in [3.63, 3.8) is 0 Å². The van der Waals surface area contributed by atoms with Crippen molar-refractivity contribution in [1.82, 2.24) is 0 Å². The van der Waals surface area contributed by atoms with Crippen molar-refractivity contribution >= 4 is 28.9 Å². The Morgan fingerprint density at radius 1 is 1.31 bits per heavy atom. The third kappa shape index (κ3) is 3.43. The molecular formula is C9H21Cl2NSi. The summed E-state index contributed by atoms with van der Waals surface area (Å²) in [6.45, 7) is 7.10. The Morgan fingerprint density at radius 2 is 1.77 bits per heavy atom. The van der Waals surface area contributed by atoms with Gasteiger partial charge in [-0.2, -0.15) is 0 Å². The normalized spacial score (nSPS) is 13.8.